The number of carbonyl (C=O) groups excluding carboxylic acids is 1. The molecule has 2 rings (SSSR count). The standard InChI is InChI=1S/C18H25N3O3/c1-3-4-9-21(10-5-11-22)18(23)20-15-7-6-14(2)16(13-15)17-19-8-12-24-17/h6-8,12-13,22H,3-5,9-11H2,1-2H3,(H,20,23). The van der Waals surface area contributed by atoms with E-state index in [-0.39, 0.29) is 12.6 Å². The minimum absolute atomic E-state index is 0.0781. The van der Waals surface area contributed by atoms with Crippen molar-refractivity contribution in [2.45, 2.75) is 33.1 Å². The number of aliphatic hydroxyl groups is 1. The highest BCUT2D eigenvalue weighted by Gasteiger charge is 2.14. The van der Waals surface area contributed by atoms with Gasteiger partial charge in [0.05, 0.1) is 6.20 Å². The first-order valence-electron chi connectivity index (χ1n) is 8.33. The van der Waals surface area contributed by atoms with Crippen molar-refractivity contribution in [3.8, 4) is 11.5 Å². The predicted octanol–water partition coefficient (Wildman–Crippen LogP) is 3.67. The molecule has 6 heteroatoms. The molecule has 0 saturated carbocycles. The van der Waals surface area contributed by atoms with E-state index >= 15 is 0 Å². The molecule has 2 amide bonds. The van der Waals surface area contributed by atoms with Crippen molar-refractivity contribution in [1.82, 2.24) is 9.88 Å². The number of aryl methyl sites for hydroxylation is 1. The number of rotatable bonds is 8. The maximum atomic E-state index is 12.5. The highest BCUT2D eigenvalue weighted by molar-refractivity contribution is 5.90. The number of amides is 2. The fraction of sp³-hybridized carbons (Fsp3) is 0.444. The van der Waals surface area contributed by atoms with Crippen molar-refractivity contribution < 1.29 is 14.3 Å². The summed E-state index contributed by atoms with van der Waals surface area (Å²) in [6.07, 6.45) is 5.66. The summed E-state index contributed by atoms with van der Waals surface area (Å²) in [7, 11) is 0. The van der Waals surface area contributed by atoms with Crippen LogP contribution >= 0.6 is 0 Å². The zero-order chi connectivity index (χ0) is 17.4. The summed E-state index contributed by atoms with van der Waals surface area (Å²) in [6, 6.07) is 5.51. The van der Waals surface area contributed by atoms with Gasteiger partial charge in [0.1, 0.15) is 6.26 Å². The van der Waals surface area contributed by atoms with E-state index < -0.39 is 0 Å². The lowest BCUT2D eigenvalue weighted by atomic mass is 10.1. The first-order valence-corrected chi connectivity index (χ1v) is 8.33. The lowest BCUT2D eigenvalue weighted by Crippen LogP contribution is -2.36. The van der Waals surface area contributed by atoms with Crippen molar-refractivity contribution >= 4 is 11.7 Å². The summed E-state index contributed by atoms with van der Waals surface area (Å²) in [4.78, 5) is 18.4. The molecule has 0 radical (unpaired) electrons. The number of urea groups is 1. The minimum Gasteiger partial charge on any atom is -0.445 e. The van der Waals surface area contributed by atoms with Crippen LogP contribution in [0.2, 0.25) is 0 Å². The number of hydrogen-bond acceptors (Lipinski definition) is 4. The van der Waals surface area contributed by atoms with Gasteiger partial charge in [-0.15, -0.1) is 0 Å². The second-order valence-corrected chi connectivity index (χ2v) is 5.71. The van der Waals surface area contributed by atoms with Crippen molar-refractivity contribution in [3.05, 3.63) is 36.2 Å². The average molecular weight is 331 g/mol. The van der Waals surface area contributed by atoms with Gasteiger partial charge >= 0.3 is 6.03 Å². The van der Waals surface area contributed by atoms with Gasteiger partial charge in [0.15, 0.2) is 0 Å². The van der Waals surface area contributed by atoms with Crippen LogP contribution in [0.4, 0.5) is 10.5 Å². The molecule has 0 spiro atoms. The molecular formula is C18H25N3O3. The number of hydrogen-bond donors (Lipinski definition) is 2. The lowest BCUT2D eigenvalue weighted by molar-refractivity contribution is 0.201. The van der Waals surface area contributed by atoms with E-state index in [1.54, 1.807) is 11.1 Å². The molecule has 6 nitrogen and oxygen atoms in total. The van der Waals surface area contributed by atoms with Crippen molar-refractivity contribution in [2.75, 3.05) is 25.0 Å². The maximum absolute atomic E-state index is 12.5. The predicted molar refractivity (Wildman–Crippen MR) is 93.9 cm³/mol. The zero-order valence-electron chi connectivity index (χ0n) is 14.3. The summed E-state index contributed by atoms with van der Waals surface area (Å²) in [6.45, 7) is 5.36. The van der Waals surface area contributed by atoms with Gasteiger partial charge < -0.3 is 19.7 Å². The fourth-order valence-corrected chi connectivity index (χ4v) is 2.41. The Morgan fingerprint density at radius 3 is 2.79 bits per heavy atom. The normalized spacial score (nSPS) is 10.6. The van der Waals surface area contributed by atoms with Gasteiger partial charge in [-0.1, -0.05) is 19.4 Å². The van der Waals surface area contributed by atoms with Crippen LogP contribution in [0.15, 0.2) is 35.1 Å². The Labute approximate surface area is 142 Å². The Kier molecular flexibility index (Phi) is 6.81. The van der Waals surface area contributed by atoms with E-state index in [0.29, 0.717) is 31.1 Å². The third-order valence-electron chi connectivity index (χ3n) is 3.81. The van der Waals surface area contributed by atoms with E-state index in [1.165, 1.54) is 6.26 Å². The smallest absolute Gasteiger partial charge is 0.321 e. The molecule has 0 saturated heterocycles. The van der Waals surface area contributed by atoms with Crippen molar-refractivity contribution in [1.29, 1.82) is 0 Å². The van der Waals surface area contributed by atoms with E-state index in [1.807, 2.05) is 25.1 Å². The van der Waals surface area contributed by atoms with Crippen LogP contribution in [-0.4, -0.2) is 40.7 Å². The largest absolute Gasteiger partial charge is 0.445 e. The number of unbranched alkanes of at least 4 members (excludes halogenated alkanes) is 1. The third kappa shape index (κ3) is 4.83. The second kappa shape index (κ2) is 9.08. The first-order chi connectivity index (χ1) is 11.7. The zero-order valence-corrected chi connectivity index (χ0v) is 14.3. The van der Waals surface area contributed by atoms with Gasteiger partial charge in [-0.2, -0.15) is 0 Å². The molecule has 0 unspecified atom stereocenters. The monoisotopic (exact) mass is 331 g/mol. The number of carbonyl (C=O) groups is 1. The molecule has 2 aromatic rings. The van der Waals surface area contributed by atoms with Crippen LogP contribution in [0.25, 0.3) is 11.5 Å². The summed E-state index contributed by atoms with van der Waals surface area (Å²) in [5.41, 5.74) is 2.58. The van der Waals surface area contributed by atoms with Gasteiger partial charge in [0.2, 0.25) is 5.89 Å². The van der Waals surface area contributed by atoms with Gasteiger partial charge in [-0.05, 0) is 37.5 Å². The van der Waals surface area contributed by atoms with Crippen LogP contribution in [0, 0.1) is 6.92 Å². The molecule has 0 bridgehead atoms. The van der Waals surface area contributed by atoms with E-state index in [0.717, 1.165) is 24.0 Å². The van der Waals surface area contributed by atoms with E-state index in [9.17, 15) is 4.79 Å². The Balaban J connectivity index is 2.10. The third-order valence-corrected chi connectivity index (χ3v) is 3.81. The van der Waals surface area contributed by atoms with Crippen LogP contribution in [0.1, 0.15) is 31.7 Å². The number of nitrogens with one attached hydrogen (secondary N) is 1. The van der Waals surface area contributed by atoms with Crippen LogP contribution < -0.4 is 5.32 Å². The summed E-state index contributed by atoms with van der Waals surface area (Å²) in [5, 5.41) is 11.9. The van der Waals surface area contributed by atoms with Crippen molar-refractivity contribution in [2.24, 2.45) is 0 Å². The molecule has 1 aromatic heterocycles. The first kappa shape index (κ1) is 18.0. The number of aliphatic hydroxyl groups excluding tert-OH is 1. The topological polar surface area (TPSA) is 78.6 Å². The SMILES string of the molecule is CCCCN(CCCO)C(=O)Nc1ccc(C)c(-c2ncco2)c1. The Morgan fingerprint density at radius 2 is 2.12 bits per heavy atom. The second-order valence-electron chi connectivity index (χ2n) is 5.71. The molecule has 1 heterocycles. The summed E-state index contributed by atoms with van der Waals surface area (Å²) < 4.78 is 5.35. The molecule has 0 atom stereocenters. The lowest BCUT2D eigenvalue weighted by Gasteiger charge is -2.23. The van der Waals surface area contributed by atoms with E-state index in [2.05, 4.69) is 17.2 Å². The molecular weight excluding hydrogens is 306 g/mol. The fourth-order valence-electron chi connectivity index (χ4n) is 2.41. The number of aromatic nitrogens is 1. The maximum Gasteiger partial charge on any atom is 0.321 e. The number of benzene rings is 1. The molecule has 1 aromatic carbocycles. The molecule has 0 aliphatic rings. The number of anilines is 1. The molecule has 130 valence electrons. The summed E-state index contributed by atoms with van der Waals surface area (Å²) >= 11 is 0. The molecule has 0 aliphatic carbocycles. The molecule has 2 N–H and O–H groups in total. The highest BCUT2D eigenvalue weighted by atomic mass is 16.3. The van der Waals surface area contributed by atoms with E-state index in [4.69, 9.17) is 9.52 Å². The molecule has 0 aliphatic heterocycles. The Hall–Kier alpha value is -2.34. The minimum atomic E-state index is -0.154. The Morgan fingerprint density at radius 1 is 1.33 bits per heavy atom. The quantitative estimate of drug-likeness (QED) is 0.773. The van der Waals surface area contributed by atoms with Gasteiger partial charge in [0.25, 0.3) is 0 Å². The number of oxazole rings is 1. The average Bonchev–Trinajstić information content (AvgIpc) is 3.11. The van der Waals surface area contributed by atoms with Crippen molar-refractivity contribution in [3.63, 3.8) is 0 Å². The van der Waals surface area contributed by atoms with Gasteiger partial charge in [0, 0.05) is 30.9 Å². The number of nitrogens with zero attached hydrogens (tertiary/aromatic N) is 2. The van der Waals surface area contributed by atoms with Gasteiger partial charge in [-0.3, -0.25) is 0 Å². The molecule has 24 heavy (non-hydrogen) atoms. The van der Waals surface area contributed by atoms with Crippen LogP contribution in [-0.2, 0) is 0 Å². The highest BCUT2D eigenvalue weighted by Crippen LogP contribution is 2.25. The summed E-state index contributed by atoms with van der Waals surface area (Å²) in [5.74, 6) is 0.534. The van der Waals surface area contributed by atoms with Crippen LogP contribution in [0.5, 0.6) is 0 Å². The molecule has 0 fully saturated rings. The van der Waals surface area contributed by atoms with Crippen LogP contribution in [0.3, 0.4) is 0 Å². The Bertz CT molecular complexity index is 633. The van der Waals surface area contributed by atoms with Gasteiger partial charge in [-0.25, -0.2) is 9.78 Å².